The number of nitrogens with zero attached hydrogens (tertiary/aromatic N) is 2. The summed E-state index contributed by atoms with van der Waals surface area (Å²) in [5.74, 6) is -1.07. The number of rotatable bonds is 5. The summed E-state index contributed by atoms with van der Waals surface area (Å²) in [6.45, 7) is 0.678. The fourth-order valence-corrected chi connectivity index (χ4v) is 4.53. The van der Waals surface area contributed by atoms with Crippen LogP contribution in [-0.4, -0.2) is 56.1 Å². The van der Waals surface area contributed by atoms with Crippen molar-refractivity contribution < 1.29 is 27.1 Å². The average Bonchev–Trinajstić information content (AvgIpc) is 2.93. The van der Waals surface area contributed by atoms with Gasteiger partial charge in [-0.1, -0.05) is 17.7 Å². The lowest BCUT2D eigenvalue weighted by Gasteiger charge is -2.22. The summed E-state index contributed by atoms with van der Waals surface area (Å²) >= 11 is 5.79. The van der Waals surface area contributed by atoms with Crippen LogP contribution in [0.3, 0.4) is 0 Å². The number of amides is 2. The van der Waals surface area contributed by atoms with E-state index >= 15 is 0 Å². The van der Waals surface area contributed by atoms with Crippen molar-refractivity contribution in [3.63, 3.8) is 0 Å². The number of urea groups is 1. The monoisotopic (exact) mass is 435 g/mol. The number of alkyl halides is 2. The lowest BCUT2D eigenvalue weighted by atomic mass is 10.2. The number of anilines is 1. The topological polar surface area (TPSA) is 99.1 Å². The standard InChI is InChI=1S/C17H20ClF2N3O4S/c1-10-5-4-6-12(10)21-16(25)22-13-8-7-11(18)15(14(13)24)28(26,27)17(19,20)9-23(2)3/h5,7-8,24H,4,6,9H2,1-3H3,(H,22,25). The molecular weight excluding hydrogens is 416 g/mol. The first-order valence-corrected chi connectivity index (χ1v) is 10.1. The molecular formula is C17H20ClF2N3O4S. The number of halogens is 3. The highest BCUT2D eigenvalue weighted by Crippen LogP contribution is 2.42. The summed E-state index contributed by atoms with van der Waals surface area (Å²) in [5, 5.41) is 7.68. The summed E-state index contributed by atoms with van der Waals surface area (Å²) in [6, 6.07) is 1.24. The van der Waals surface area contributed by atoms with Crippen molar-refractivity contribution in [3.05, 3.63) is 28.8 Å². The number of aliphatic imine (C=N–C) groups is 1. The molecule has 0 aromatic heterocycles. The highest BCUT2D eigenvalue weighted by molar-refractivity contribution is 7.92. The Kier molecular flexibility index (Phi) is 6.47. The van der Waals surface area contributed by atoms with Crippen LogP contribution in [-0.2, 0) is 9.84 Å². The van der Waals surface area contributed by atoms with Gasteiger partial charge in [-0.05, 0) is 51.6 Å². The maximum atomic E-state index is 14.3. The van der Waals surface area contributed by atoms with Crippen LogP contribution >= 0.6 is 11.6 Å². The number of nitrogens with one attached hydrogen (secondary N) is 1. The maximum absolute atomic E-state index is 14.3. The van der Waals surface area contributed by atoms with Gasteiger partial charge in [0.25, 0.3) is 0 Å². The molecule has 2 amide bonds. The molecule has 0 fully saturated rings. The second-order valence-electron chi connectivity index (χ2n) is 6.57. The Morgan fingerprint density at radius 3 is 2.57 bits per heavy atom. The Labute approximate surface area is 166 Å². The molecule has 0 bridgehead atoms. The van der Waals surface area contributed by atoms with Crippen LogP contribution < -0.4 is 5.32 Å². The quantitative estimate of drug-likeness (QED) is 0.687. The zero-order chi connectivity index (χ0) is 21.3. The van der Waals surface area contributed by atoms with E-state index in [0.717, 1.165) is 29.0 Å². The van der Waals surface area contributed by atoms with Crippen LogP contribution in [0.15, 0.2) is 33.7 Å². The number of carbonyl (C=O) groups is 1. The number of sulfone groups is 1. The molecule has 0 atom stereocenters. The number of allylic oxidation sites excluding steroid dienone is 2. The van der Waals surface area contributed by atoms with Gasteiger partial charge in [-0.15, -0.1) is 0 Å². The van der Waals surface area contributed by atoms with E-state index in [4.69, 9.17) is 11.6 Å². The van der Waals surface area contributed by atoms with E-state index < -0.39 is 49.0 Å². The summed E-state index contributed by atoms with van der Waals surface area (Å²) in [4.78, 5) is 15.8. The molecule has 11 heteroatoms. The molecule has 28 heavy (non-hydrogen) atoms. The van der Waals surface area contributed by atoms with Crippen LogP contribution in [0.25, 0.3) is 0 Å². The minimum Gasteiger partial charge on any atom is -0.504 e. The fourth-order valence-electron chi connectivity index (χ4n) is 2.66. The summed E-state index contributed by atoms with van der Waals surface area (Å²) < 4.78 is 53.4. The predicted octanol–water partition coefficient (Wildman–Crippen LogP) is 3.69. The molecule has 0 spiro atoms. The van der Waals surface area contributed by atoms with Crippen LogP contribution in [0.4, 0.5) is 19.3 Å². The van der Waals surface area contributed by atoms with E-state index in [0.29, 0.717) is 12.1 Å². The van der Waals surface area contributed by atoms with Gasteiger partial charge in [0.2, 0.25) is 9.84 Å². The fraction of sp³-hybridized carbons (Fsp3) is 0.412. The van der Waals surface area contributed by atoms with Crippen molar-refractivity contribution in [1.82, 2.24) is 4.90 Å². The molecule has 1 aliphatic carbocycles. The third kappa shape index (κ3) is 4.50. The Morgan fingerprint density at radius 2 is 2.04 bits per heavy atom. The van der Waals surface area contributed by atoms with Crippen molar-refractivity contribution in [3.8, 4) is 5.75 Å². The van der Waals surface area contributed by atoms with E-state index in [2.05, 4.69) is 10.3 Å². The Bertz CT molecular complexity index is 959. The third-order valence-electron chi connectivity index (χ3n) is 4.01. The summed E-state index contributed by atoms with van der Waals surface area (Å²) in [6.07, 6.45) is 3.22. The van der Waals surface area contributed by atoms with Gasteiger partial charge in [0.05, 0.1) is 17.3 Å². The van der Waals surface area contributed by atoms with Crippen LogP contribution in [0.2, 0.25) is 5.02 Å². The zero-order valence-electron chi connectivity index (χ0n) is 15.5. The number of phenolic OH excluding ortho intramolecular Hbond substituents is 1. The van der Waals surface area contributed by atoms with E-state index in [9.17, 15) is 27.1 Å². The molecule has 0 saturated heterocycles. The van der Waals surface area contributed by atoms with E-state index in [1.165, 1.54) is 14.1 Å². The van der Waals surface area contributed by atoms with Crippen molar-refractivity contribution in [2.45, 2.75) is 29.9 Å². The second-order valence-corrected chi connectivity index (χ2v) is 8.99. The van der Waals surface area contributed by atoms with Gasteiger partial charge in [-0.25, -0.2) is 13.2 Å². The number of hydrogen-bond acceptors (Lipinski definition) is 5. The highest BCUT2D eigenvalue weighted by Gasteiger charge is 2.49. The van der Waals surface area contributed by atoms with Crippen molar-refractivity contribution in [2.24, 2.45) is 4.99 Å². The lowest BCUT2D eigenvalue weighted by molar-refractivity contribution is 0.0611. The van der Waals surface area contributed by atoms with E-state index in [-0.39, 0.29) is 0 Å². The van der Waals surface area contributed by atoms with Crippen molar-refractivity contribution in [2.75, 3.05) is 26.0 Å². The normalized spacial score (nSPS) is 16.5. The minimum atomic E-state index is -5.34. The second kappa shape index (κ2) is 8.14. The first kappa shape index (κ1) is 22.3. The number of benzene rings is 1. The number of hydrogen-bond donors (Lipinski definition) is 2. The van der Waals surface area contributed by atoms with Gasteiger partial charge < -0.3 is 15.3 Å². The Morgan fingerprint density at radius 1 is 1.39 bits per heavy atom. The van der Waals surface area contributed by atoms with Gasteiger partial charge in [0.15, 0.2) is 5.75 Å². The van der Waals surface area contributed by atoms with Crippen LogP contribution in [0, 0.1) is 0 Å². The third-order valence-corrected chi connectivity index (χ3v) is 6.30. The van der Waals surface area contributed by atoms with Gasteiger partial charge >= 0.3 is 11.3 Å². The summed E-state index contributed by atoms with van der Waals surface area (Å²) in [5.41, 5.74) is 0.996. The molecule has 2 N–H and O–H groups in total. The summed E-state index contributed by atoms with van der Waals surface area (Å²) in [7, 11) is -2.78. The predicted molar refractivity (Wildman–Crippen MR) is 103 cm³/mol. The SMILES string of the molecule is CC1=CCCC1=NC(=O)Nc1ccc(Cl)c(S(=O)(=O)C(F)(F)CN(C)C)c1O. The molecule has 154 valence electrons. The highest BCUT2D eigenvalue weighted by atomic mass is 35.5. The first-order valence-electron chi connectivity index (χ1n) is 8.21. The Hall–Kier alpha value is -2.04. The van der Waals surface area contributed by atoms with Gasteiger partial charge in [0, 0.05) is 5.71 Å². The zero-order valence-corrected chi connectivity index (χ0v) is 17.0. The van der Waals surface area contributed by atoms with Gasteiger partial charge in [-0.3, -0.25) is 0 Å². The lowest BCUT2D eigenvalue weighted by Crippen LogP contribution is -2.39. The molecule has 0 aliphatic heterocycles. The molecule has 0 saturated carbocycles. The van der Waals surface area contributed by atoms with Crippen molar-refractivity contribution >= 4 is 38.9 Å². The van der Waals surface area contributed by atoms with Gasteiger partial charge in [-0.2, -0.15) is 13.8 Å². The van der Waals surface area contributed by atoms with Crippen molar-refractivity contribution in [1.29, 1.82) is 0 Å². The maximum Gasteiger partial charge on any atom is 0.362 e. The molecule has 7 nitrogen and oxygen atoms in total. The minimum absolute atomic E-state index is 0.391. The number of aromatic hydroxyl groups is 1. The van der Waals surface area contributed by atoms with E-state index in [1.807, 2.05) is 6.08 Å². The average molecular weight is 436 g/mol. The first-order chi connectivity index (χ1) is 12.9. The number of phenols is 1. The van der Waals surface area contributed by atoms with Crippen LogP contribution in [0.5, 0.6) is 5.75 Å². The van der Waals surface area contributed by atoms with Crippen LogP contribution in [0.1, 0.15) is 19.8 Å². The molecule has 0 heterocycles. The molecule has 1 aliphatic rings. The van der Waals surface area contributed by atoms with Gasteiger partial charge in [0.1, 0.15) is 4.90 Å². The molecule has 0 radical (unpaired) electrons. The Balaban J connectivity index is 2.41. The molecule has 2 rings (SSSR count). The molecule has 1 aromatic carbocycles. The number of carbonyl (C=O) groups excluding carboxylic acids is 1. The smallest absolute Gasteiger partial charge is 0.362 e. The largest absolute Gasteiger partial charge is 0.504 e. The van der Waals surface area contributed by atoms with E-state index in [1.54, 1.807) is 6.92 Å². The molecule has 1 aromatic rings. The molecule has 0 unspecified atom stereocenters.